The van der Waals surface area contributed by atoms with Crippen molar-refractivity contribution in [3.05, 3.63) is 35.4 Å². The van der Waals surface area contributed by atoms with Gasteiger partial charge in [-0.25, -0.2) is 0 Å². The third-order valence-electron chi connectivity index (χ3n) is 5.08. The first-order chi connectivity index (χ1) is 11.1. The van der Waals surface area contributed by atoms with Crippen LogP contribution >= 0.6 is 0 Å². The summed E-state index contributed by atoms with van der Waals surface area (Å²) >= 11 is 0. The molecule has 0 aromatic heterocycles. The van der Waals surface area contributed by atoms with E-state index in [-0.39, 0.29) is 18.1 Å². The van der Waals surface area contributed by atoms with Gasteiger partial charge in [0.1, 0.15) is 6.10 Å². The van der Waals surface area contributed by atoms with Gasteiger partial charge in [-0.15, -0.1) is 0 Å². The molecule has 4 nitrogen and oxygen atoms in total. The predicted molar refractivity (Wildman–Crippen MR) is 89.4 cm³/mol. The van der Waals surface area contributed by atoms with Crippen LogP contribution in [0, 0.1) is 0 Å². The molecule has 0 bridgehead atoms. The van der Waals surface area contributed by atoms with Crippen molar-refractivity contribution in [3.8, 4) is 0 Å². The lowest BCUT2D eigenvalue weighted by Crippen LogP contribution is -2.44. The topological polar surface area (TPSA) is 38.8 Å². The van der Waals surface area contributed by atoms with Gasteiger partial charge in [0.2, 0.25) is 0 Å². The first-order valence-corrected chi connectivity index (χ1v) is 8.72. The van der Waals surface area contributed by atoms with Gasteiger partial charge in [-0.2, -0.15) is 0 Å². The fourth-order valence-electron chi connectivity index (χ4n) is 3.54. The van der Waals surface area contributed by atoms with Crippen molar-refractivity contribution in [3.63, 3.8) is 0 Å². The van der Waals surface area contributed by atoms with E-state index in [2.05, 4.69) is 24.3 Å². The van der Waals surface area contributed by atoms with Crippen LogP contribution in [0.25, 0.3) is 0 Å². The van der Waals surface area contributed by atoms with Crippen molar-refractivity contribution in [1.29, 1.82) is 0 Å². The van der Waals surface area contributed by atoms with Crippen LogP contribution < -0.4 is 0 Å². The van der Waals surface area contributed by atoms with Crippen LogP contribution in [0.15, 0.2) is 24.3 Å². The van der Waals surface area contributed by atoms with Gasteiger partial charge >= 0.3 is 0 Å². The number of carbonyl (C=O) groups excluding carboxylic acids is 1. The third-order valence-corrected chi connectivity index (χ3v) is 5.08. The van der Waals surface area contributed by atoms with Gasteiger partial charge < -0.3 is 14.4 Å². The van der Waals surface area contributed by atoms with Crippen LogP contribution in [0.4, 0.5) is 0 Å². The monoisotopic (exact) mass is 317 g/mol. The first-order valence-electron chi connectivity index (χ1n) is 8.72. The van der Waals surface area contributed by atoms with Crippen LogP contribution in [-0.4, -0.2) is 49.3 Å². The van der Waals surface area contributed by atoms with E-state index in [1.807, 2.05) is 18.9 Å². The number of hydrogen-bond acceptors (Lipinski definition) is 3. The molecular weight excluding hydrogens is 290 g/mol. The van der Waals surface area contributed by atoms with Crippen LogP contribution in [0.3, 0.4) is 0 Å². The van der Waals surface area contributed by atoms with Gasteiger partial charge in [0.15, 0.2) is 0 Å². The van der Waals surface area contributed by atoms with Crippen LogP contribution in [-0.2, 0) is 27.1 Å². The fourth-order valence-corrected chi connectivity index (χ4v) is 3.54. The first kappa shape index (κ1) is 16.5. The summed E-state index contributed by atoms with van der Waals surface area (Å²) in [5, 5.41) is 0. The minimum Gasteiger partial charge on any atom is -0.376 e. The predicted octanol–water partition coefficient (Wildman–Crippen LogP) is 2.59. The zero-order valence-electron chi connectivity index (χ0n) is 14.2. The molecule has 23 heavy (non-hydrogen) atoms. The molecule has 0 radical (unpaired) electrons. The van der Waals surface area contributed by atoms with Gasteiger partial charge in [-0.3, -0.25) is 4.79 Å². The summed E-state index contributed by atoms with van der Waals surface area (Å²) in [5.74, 6) is 0.0682. The number of rotatable bonds is 5. The largest absolute Gasteiger partial charge is 0.376 e. The van der Waals surface area contributed by atoms with Crippen molar-refractivity contribution in [2.45, 2.75) is 57.3 Å². The van der Waals surface area contributed by atoms with E-state index in [9.17, 15) is 4.79 Å². The highest BCUT2D eigenvalue weighted by Gasteiger charge is 2.30. The summed E-state index contributed by atoms with van der Waals surface area (Å²) in [6.07, 6.45) is 4.99. The molecule has 0 spiro atoms. The number of ether oxygens (including phenoxy) is 2. The lowest BCUT2D eigenvalue weighted by Gasteiger charge is -2.29. The number of hydrogen-bond donors (Lipinski definition) is 0. The van der Waals surface area contributed by atoms with Gasteiger partial charge in [0.05, 0.1) is 12.7 Å². The molecule has 126 valence electrons. The van der Waals surface area contributed by atoms with Crippen LogP contribution in [0.5, 0.6) is 0 Å². The molecule has 0 saturated carbocycles. The summed E-state index contributed by atoms with van der Waals surface area (Å²) in [4.78, 5) is 14.5. The van der Waals surface area contributed by atoms with Crippen molar-refractivity contribution in [2.24, 2.45) is 0 Å². The molecule has 1 heterocycles. The average molecular weight is 317 g/mol. The Labute approximate surface area is 138 Å². The Hall–Kier alpha value is -1.39. The standard InChI is InChI=1S/C19H27NO3/c1-14(23-13-18-9-5-6-10-22-18)19(21)20(2)17-11-15-7-3-4-8-16(15)12-17/h3-4,7-8,14,17-18H,5-6,9-13H2,1-2H3/t14-,18-/m1/s1. The van der Waals surface area contributed by atoms with Crippen molar-refractivity contribution in [1.82, 2.24) is 4.90 Å². The zero-order valence-corrected chi connectivity index (χ0v) is 14.2. The molecule has 1 aromatic rings. The van der Waals surface area contributed by atoms with E-state index in [0.29, 0.717) is 6.61 Å². The third kappa shape index (κ3) is 3.93. The number of benzene rings is 1. The highest BCUT2D eigenvalue weighted by Crippen LogP contribution is 2.25. The Morgan fingerprint density at radius 1 is 1.30 bits per heavy atom. The Morgan fingerprint density at radius 3 is 2.61 bits per heavy atom. The average Bonchev–Trinajstić information content (AvgIpc) is 3.03. The van der Waals surface area contributed by atoms with E-state index < -0.39 is 6.10 Å². The molecule has 1 aliphatic carbocycles. The van der Waals surface area contributed by atoms with Crippen molar-refractivity contribution < 1.29 is 14.3 Å². The highest BCUT2D eigenvalue weighted by atomic mass is 16.5. The number of likely N-dealkylation sites (N-methyl/N-ethyl adjacent to an activating group) is 1. The van der Waals surface area contributed by atoms with Crippen LogP contribution in [0.1, 0.15) is 37.3 Å². The number of carbonyl (C=O) groups is 1. The van der Waals surface area contributed by atoms with Gasteiger partial charge in [-0.1, -0.05) is 24.3 Å². The molecule has 1 aromatic carbocycles. The number of fused-ring (bicyclic) bond motifs is 1. The maximum Gasteiger partial charge on any atom is 0.251 e. The second-order valence-corrected chi connectivity index (χ2v) is 6.74. The Bertz CT molecular complexity index is 514. The molecule has 2 aliphatic rings. The number of amides is 1. The molecule has 0 N–H and O–H groups in total. The SMILES string of the molecule is C[C@@H](OC[C@H]1CCCCO1)C(=O)N(C)C1Cc2ccccc2C1. The molecule has 1 amide bonds. The molecule has 4 heteroatoms. The Balaban J connectivity index is 1.49. The second-order valence-electron chi connectivity index (χ2n) is 6.74. The van der Waals surface area contributed by atoms with Gasteiger partial charge in [0, 0.05) is 19.7 Å². The van der Waals surface area contributed by atoms with Crippen molar-refractivity contribution in [2.75, 3.05) is 20.3 Å². The van der Waals surface area contributed by atoms with E-state index >= 15 is 0 Å². The van der Waals surface area contributed by atoms with Gasteiger partial charge in [0.25, 0.3) is 5.91 Å². The summed E-state index contributed by atoms with van der Waals surface area (Å²) in [5.41, 5.74) is 2.72. The Morgan fingerprint density at radius 2 is 2.00 bits per heavy atom. The Kier molecular flexibility index (Phi) is 5.34. The van der Waals surface area contributed by atoms with Crippen LogP contribution in [0.2, 0.25) is 0 Å². The van der Waals surface area contributed by atoms with E-state index in [1.165, 1.54) is 17.5 Å². The van der Waals surface area contributed by atoms with Gasteiger partial charge in [-0.05, 0) is 50.2 Å². The maximum absolute atomic E-state index is 12.6. The summed E-state index contributed by atoms with van der Waals surface area (Å²) in [7, 11) is 1.90. The quantitative estimate of drug-likeness (QED) is 0.838. The molecule has 0 unspecified atom stereocenters. The normalized spacial score (nSPS) is 22.6. The second kappa shape index (κ2) is 7.45. The van der Waals surface area contributed by atoms with E-state index in [0.717, 1.165) is 32.3 Å². The maximum atomic E-state index is 12.6. The summed E-state index contributed by atoms with van der Waals surface area (Å²) in [6.45, 7) is 3.19. The number of nitrogens with zero attached hydrogens (tertiary/aromatic N) is 1. The van der Waals surface area contributed by atoms with Crippen molar-refractivity contribution >= 4 is 5.91 Å². The molecule has 1 fully saturated rings. The smallest absolute Gasteiger partial charge is 0.251 e. The lowest BCUT2D eigenvalue weighted by molar-refractivity contribution is -0.146. The lowest BCUT2D eigenvalue weighted by atomic mass is 10.1. The molecule has 2 atom stereocenters. The molecule has 3 rings (SSSR count). The fraction of sp³-hybridized carbons (Fsp3) is 0.632. The van der Waals surface area contributed by atoms with E-state index in [4.69, 9.17) is 9.47 Å². The minimum atomic E-state index is -0.408. The zero-order chi connectivity index (χ0) is 16.2. The highest BCUT2D eigenvalue weighted by molar-refractivity contribution is 5.80. The molecule has 1 saturated heterocycles. The van der Waals surface area contributed by atoms with E-state index in [1.54, 1.807) is 0 Å². The summed E-state index contributed by atoms with van der Waals surface area (Å²) in [6, 6.07) is 8.71. The minimum absolute atomic E-state index is 0.0682. The molecular formula is C19H27NO3. The molecule has 1 aliphatic heterocycles. The summed E-state index contributed by atoms with van der Waals surface area (Å²) < 4.78 is 11.4.